The molecular formula is C35H40F2N14O2. The fraction of sp³-hybridized carbons (Fsp3) is 0.286. The minimum Gasteiger partial charge on any atom is -0.444 e. The Labute approximate surface area is 304 Å². The number of aryl methyl sites for hydroxylation is 2. The van der Waals surface area contributed by atoms with Gasteiger partial charge in [-0.25, -0.2) is 33.5 Å². The van der Waals surface area contributed by atoms with E-state index in [9.17, 15) is 9.18 Å². The smallest absolute Gasteiger partial charge is 0.407 e. The van der Waals surface area contributed by atoms with Crippen LogP contribution in [0, 0.1) is 25.5 Å². The van der Waals surface area contributed by atoms with Crippen LogP contribution >= 0.6 is 0 Å². The highest BCUT2D eigenvalue weighted by molar-refractivity contribution is 5.68. The molecule has 0 saturated heterocycles. The number of halogens is 2. The van der Waals surface area contributed by atoms with Crippen molar-refractivity contribution >= 4 is 29.6 Å². The summed E-state index contributed by atoms with van der Waals surface area (Å²) in [5, 5.41) is 16.9. The van der Waals surface area contributed by atoms with Gasteiger partial charge < -0.3 is 26.4 Å². The number of nitrogens with two attached hydrogens (primary N) is 1. The van der Waals surface area contributed by atoms with Crippen LogP contribution in [0.25, 0.3) is 22.8 Å². The zero-order valence-electron chi connectivity index (χ0n) is 30.3. The minimum absolute atomic E-state index is 0.141. The summed E-state index contributed by atoms with van der Waals surface area (Å²) >= 11 is 0. The summed E-state index contributed by atoms with van der Waals surface area (Å²) in [6.07, 6.45) is 5.64. The first-order valence-corrected chi connectivity index (χ1v) is 16.4. The van der Waals surface area contributed by atoms with Crippen LogP contribution in [0.3, 0.4) is 0 Å². The number of amides is 1. The van der Waals surface area contributed by atoms with E-state index in [0.717, 1.165) is 5.56 Å². The number of aromatic nitrogens is 10. The van der Waals surface area contributed by atoms with E-state index in [2.05, 4.69) is 56.1 Å². The molecule has 0 bridgehead atoms. The molecule has 0 unspecified atom stereocenters. The first kappa shape index (κ1) is 37.8. The third kappa shape index (κ3) is 9.88. The molecule has 0 saturated carbocycles. The Morgan fingerprint density at radius 3 is 1.66 bits per heavy atom. The molecule has 0 aliphatic heterocycles. The van der Waals surface area contributed by atoms with Gasteiger partial charge in [-0.05, 0) is 69.0 Å². The summed E-state index contributed by atoms with van der Waals surface area (Å²) < 4.78 is 38.0. The quantitative estimate of drug-likeness (QED) is 0.148. The molecule has 0 spiro atoms. The maximum Gasteiger partial charge on any atom is 0.407 e. The molecule has 276 valence electrons. The van der Waals surface area contributed by atoms with Gasteiger partial charge in [0.2, 0.25) is 11.9 Å². The summed E-state index contributed by atoms with van der Waals surface area (Å²) in [5.74, 6) is 1.32. The Kier molecular flexibility index (Phi) is 11.6. The molecule has 4 aromatic heterocycles. The van der Waals surface area contributed by atoms with Crippen molar-refractivity contribution in [3.05, 3.63) is 95.3 Å². The van der Waals surface area contributed by atoms with Gasteiger partial charge >= 0.3 is 6.09 Å². The minimum atomic E-state index is -0.603. The summed E-state index contributed by atoms with van der Waals surface area (Å²) in [4.78, 5) is 36.6. The van der Waals surface area contributed by atoms with Crippen LogP contribution in [0.1, 0.15) is 43.0 Å². The standard InChI is InChI=1S/C20H24FN7O2.C15H16FN7/c1-12-13(10-22-19(29)30-20(2,3)4)6-7-14(16(12)21)17-23-11-24-18(26-17)25-15-8-9-28(5)27-15;1-9-10(7-17)3-4-11(13(9)16)14-18-8-19-15(21-14)20-12-5-6-23(2)22-12/h6-9,11H,10H2,1-5H3,(H,22,29)(H,23,24,25,26,27);3-6,8H,7,17H2,1-2H3,(H,18,19,20,21,22). The van der Waals surface area contributed by atoms with Crippen molar-refractivity contribution in [3.63, 3.8) is 0 Å². The lowest BCUT2D eigenvalue weighted by molar-refractivity contribution is 0.0523. The molecule has 0 radical (unpaired) electrons. The number of ether oxygens (including phenoxy) is 1. The number of alkyl carbamates (subject to hydrolysis) is 1. The van der Waals surface area contributed by atoms with Gasteiger partial charge in [0.25, 0.3) is 0 Å². The Balaban J connectivity index is 0.000000211. The van der Waals surface area contributed by atoms with Crippen LogP contribution in [0.5, 0.6) is 0 Å². The molecular weight excluding hydrogens is 686 g/mol. The molecule has 53 heavy (non-hydrogen) atoms. The summed E-state index contributed by atoms with van der Waals surface area (Å²) in [7, 11) is 3.60. The van der Waals surface area contributed by atoms with Crippen LogP contribution in [0.4, 0.5) is 37.1 Å². The van der Waals surface area contributed by atoms with Gasteiger partial charge in [-0.15, -0.1) is 0 Å². The second-order valence-corrected chi connectivity index (χ2v) is 12.7. The fourth-order valence-corrected chi connectivity index (χ4v) is 4.85. The van der Waals surface area contributed by atoms with Gasteiger partial charge in [0.1, 0.15) is 29.9 Å². The molecule has 18 heteroatoms. The second-order valence-electron chi connectivity index (χ2n) is 12.7. The van der Waals surface area contributed by atoms with Crippen molar-refractivity contribution in [1.82, 2.24) is 54.8 Å². The highest BCUT2D eigenvalue weighted by atomic mass is 19.1. The largest absolute Gasteiger partial charge is 0.444 e. The highest BCUT2D eigenvalue weighted by Gasteiger charge is 2.19. The predicted molar refractivity (Wildman–Crippen MR) is 194 cm³/mol. The van der Waals surface area contributed by atoms with E-state index in [0.29, 0.717) is 39.8 Å². The highest BCUT2D eigenvalue weighted by Crippen LogP contribution is 2.26. The van der Waals surface area contributed by atoms with Crippen molar-refractivity contribution in [2.45, 2.75) is 53.3 Å². The number of benzene rings is 2. The van der Waals surface area contributed by atoms with E-state index in [1.165, 1.54) is 12.7 Å². The number of nitrogens with zero attached hydrogens (tertiary/aromatic N) is 10. The fourth-order valence-electron chi connectivity index (χ4n) is 4.85. The lowest BCUT2D eigenvalue weighted by Gasteiger charge is -2.20. The predicted octanol–water partition coefficient (Wildman–Crippen LogP) is 5.41. The van der Waals surface area contributed by atoms with Crippen molar-refractivity contribution < 1.29 is 18.3 Å². The van der Waals surface area contributed by atoms with E-state index >= 15 is 4.39 Å². The molecule has 0 atom stereocenters. The topological polar surface area (TPSA) is 201 Å². The second kappa shape index (κ2) is 16.3. The Morgan fingerprint density at radius 2 is 1.23 bits per heavy atom. The third-order valence-corrected chi connectivity index (χ3v) is 7.57. The van der Waals surface area contributed by atoms with Crippen molar-refractivity contribution in [2.75, 3.05) is 10.6 Å². The first-order chi connectivity index (χ1) is 25.2. The number of hydrogen-bond donors (Lipinski definition) is 4. The van der Waals surface area contributed by atoms with Crippen LogP contribution in [-0.4, -0.2) is 61.2 Å². The molecule has 2 aromatic carbocycles. The van der Waals surface area contributed by atoms with Crippen LogP contribution in [-0.2, 0) is 31.9 Å². The van der Waals surface area contributed by atoms with E-state index in [-0.39, 0.29) is 42.1 Å². The van der Waals surface area contributed by atoms with Gasteiger partial charge in [0.05, 0.1) is 11.1 Å². The third-order valence-electron chi connectivity index (χ3n) is 7.57. The number of hydrogen-bond acceptors (Lipinski definition) is 13. The number of anilines is 4. The van der Waals surface area contributed by atoms with Gasteiger partial charge in [-0.3, -0.25) is 9.36 Å². The normalized spacial score (nSPS) is 11.1. The number of rotatable bonds is 9. The summed E-state index contributed by atoms with van der Waals surface area (Å²) in [6, 6.07) is 10.3. The molecule has 6 aromatic rings. The molecule has 5 N–H and O–H groups in total. The molecule has 6 rings (SSSR count). The van der Waals surface area contributed by atoms with Gasteiger partial charge in [-0.1, -0.05) is 12.1 Å². The number of carbonyl (C=O) groups is 1. The van der Waals surface area contributed by atoms with Crippen molar-refractivity contribution in [1.29, 1.82) is 0 Å². The van der Waals surface area contributed by atoms with Crippen molar-refractivity contribution in [3.8, 4) is 22.8 Å². The molecule has 0 aliphatic rings. The number of carbonyl (C=O) groups excluding carboxylic acids is 1. The van der Waals surface area contributed by atoms with E-state index in [1.54, 1.807) is 107 Å². The SMILES string of the molecule is Cc1c(CN)ccc(-c2ncnc(Nc3ccn(C)n3)n2)c1F.Cc1c(CNC(=O)OC(C)(C)C)ccc(-c2ncnc(Nc3ccn(C)n3)n2)c1F. The van der Waals surface area contributed by atoms with Crippen LogP contribution in [0.2, 0.25) is 0 Å². The average Bonchev–Trinajstić information content (AvgIpc) is 3.72. The van der Waals surface area contributed by atoms with Gasteiger partial charge in [-0.2, -0.15) is 20.2 Å². The van der Waals surface area contributed by atoms with Crippen LogP contribution < -0.4 is 21.7 Å². The van der Waals surface area contributed by atoms with E-state index in [1.807, 2.05) is 0 Å². The molecule has 16 nitrogen and oxygen atoms in total. The lowest BCUT2D eigenvalue weighted by atomic mass is 10.0. The maximum atomic E-state index is 15.0. The van der Waals surface area contributed by atoms with E-state index in [4.69, 9.17) is 10.5 Å². The average molecular weight is 727 g/mol. The monoisotopic (exact) mass is 726 g/mol. The lowest BCUT2D eigenvalue weighted by Crippen LogP contribution is -2.32. The van der Waals surface area contributed by atoms with Crippen molar-refractivity contribution in [2.24, 2.45) is 19.8 Å². The van der Waals surface area contributed by atoms with Gasteiger partial charge in [0.15, 0.2) is 23.3 Å². The zero-order chi connectivity index (χ0) is 38.3. The van der Waals surface area contributed by atoms with Gasteiger partial charge in [0, 0.05) is 51.7 Å². The molecule has 0 aliphatic carbocycles. The summed E-state index contributed by atoms with van der Waals surface area (Å²) in [5.41, 5.74) is 7.82. The number of nitrogens with one attached hydrogen (secondary N) is 3. The van der Waals surface area contributed by atoms with Crippen LogP contribution in [0.15, 0.2) is 61.4 Å². The molecule has 1 amide bonds. The maximum absolute atomic E-state index is 15.0. The van der Waals surface area contributed by atoms with E-state index < -0.39 is 17.5 Å². The molecule has 4 heterocycles. The first-order valence-electron chi connectivity index (χ1n) is 16.4. The molecule has 0 fully saturated rings. The Bertz CT molecular complexity index is 2210. The zero-order valence-corrected chi connectivity index (χ0v) is 30.3. The Hall–Kier alpha value is -6.43. The Morgan fingerprint density at radius 1 is 0.755 bits per heavy atom. The summed E-state index contributed by atoms with van der Waals surface area (Å²) in [6.45, 7) is 9.08.